The molecule has 0 heterocycles. The zero-order valence-corrected chi connectivity index (χ0v) is 27.0. The second-order valence-electron chi connectivity index (χ2n) is 10.2. The van der Waals surface area contributed by atoms with E-state index in [2.05, 4.69) is 16.0 Å². The third kappa shape index (κ3) is 10.3. The first-order valence-corrected chi connectivity index (χ1v) is 14.7. The number of carbonyl (C=O) groups excluding carboxylic acids is 2. The second kappa shape index (κ2) is 17.1. The van der Waals surface area contributed by atoms with Gasteiger partial charge >= 0.3 is 6.55 Å². The Morgan fingerprint density at radius 1 is 0.884 bits per heavy atom. The van der Waals surface area contributed by atoms with Crippen LogP contribution in [0.5, 0.6) is 0 Å². The van der Waals surface area contributed by atoms with Crippen LogP contribution in [0.2, 0.25) is 0 Å². The minimum atomic E-state index is -2.83. The van der Waals surface area contributed by atoms with Crippen LogP contribution in [0.3, 0.4) is 0 Å². The normalized spacial score (nSPS) is 11.3. The highest BCUT2D eigenvalue weighted by atomic mass is 19.3. The summed E-state index contributed by atoms with van der Waals surface area (Å²) in [6.45, 7) is 14.4. The molecule has 0 aliphatic heterocycles. The Kier molecular flexibility index (Phi) is 14.7. The van der Waals surface area contributed by atoms with Crippen molar-refractivity contribution in [2.75, 3.05) is 12.4 Å². The van der Waals surface area contributed by atoms with Crippen LogP contribution in [0, 0.1) is 12.7 Å². The number of likely N-dealkylation sites (N-methyl/N-ethyl adjacent to an activating group) is 1. The van der Waals surface area contributed by atoms with E-state index < -0.39 is 17.9 Å². The van der Waals surface area contributed by atoms with Crippen LogP contribution in [-0.4, -0.2) is 31.0 Å². The van der Waals surface area contributed by atoms with Gasteiger partial charge in [0.05, 0.1) is 5.57 Å². The number of carbonyl (C=O) groups is 2. The number of hydrogen-bond donors (Lipinski definition) is 3. The molecule has 3 rings (SSSR count). The summed E-state index contributed by atoms with van der Waals surface area (Å²) in [5.41, 5.74) is 3.84. The van der Waals surface area contributed by atoms with Crippen molar-refractivity contribution in [3.8, 4) is 11.1 Å². The molecule has 5 nitrogen and oxygen atoms in total. The van der Waals surface area contributed by atoms with Gasteiger partial charge in [-0.05, 0) is 98.3 Å². The third-order valence-electron chi connectivity index (χ3n) is 6.12. The molecule has 3 N–H and O–H groups in total. The summed E-state index contributed by atoms with van der Waals surface area (Å²) < 4.78 is 40.7. The van der Waals surface area contributed by atoms with Crippen LogP contribution in [0.4, 0.5) is 18.9 Å². The quantitative estimate of drug-likeness (QED) is 0.138. The van der Waals surface area contributed by atoms with E-state index in [4.69, 9.17) is 0 Å². The molecule has 234 valence electrons. The van der Waals surface area contributed by atoms with Gasteiger partial charge in [-0.1, -0.05) is 58.9 Å². The fourth-order valence-electron chi connectivity index (χ4n) is 4.42. The molecule has 0 bridgehead atoms. The molecule has 0 atom stereocenters. The molecule has 3 aromatic rings. The summed E-state index contributed by atoms with van der Waals surface area (Å²) in [5.74, 6) is -1.05. The van der Waals surface area contributed by atoms with Crippen LogP contribution < -0.4 is 16.0 Å². The van der Waals surface area contributed by atoms with Gasteiger partial charge in [-0.25, -0.2) is 4.39 Å². The van der Waals surface area contributed by atoms with Gasteiger partial charge in [-0.3, -0.25) is 9.59 Å². The number of rotatable bonds is 8. The largest absolute Gasteiger partial charge is 0.355 e. The van der Waals surface area contributed by atoms with Crippen molar-refractivity contribution in [2.24, 2.45) is 0 Å². The summed E-state index contributed by atoms with van der Waals surface area (Å²) in [5, 5.41) is 7.78. The number of allylic oxidation sites excluding steroid dienone is 1. The highest BCUT2D eigenvalue weighted by Crippen LogP contribution is 2.38. The maximum absolute atomic E-state index is 13.6. The average Bonchev–Trinajstić information content (AvgIpc) is 2.97. The van der Waals surface area contributed by atoms with E-state index in [1.807, 2.05) is 55.4 Å². The van der Waals surface area contributed by atoms with Crippen molar-refractivity contribution < 1.29 is 22.8 Å². The molecule has 43 heavy (non-hydrogen) atoms. The number of anilines is 1. The minimum Gasteiger partial charge on any atom is -0.355 e. The summed E-state index contributed by atoms with van der Waals surface area (Å²) in [6, 6.07) is 15.8. The van der Waals surface area contributed by atoms with Gasteiger partial charge in [0, 0.05) is 29.4 Å². The number of nitrogens with one attached hydrogen (secondary N) is 3. The summed E-state index contributed by atoms with van der Waals surface area (Å²) in [7, 11) is 1.51. The maximum atomic E-state index is 13.6. The lowest BCUT2D eigenvalue weighted by molar-refractivity contribution is -0.115. The molecule has 2 amide bonds. The Morgan fingerprint density at radius 3 is 2.00 bits per heavy atom. The Bertz CT molecular complexity index is 1390. The summed E-state index contributed by atoms with van der Waals surface area (Å²) in [4.78, 5) is 26.1. The zero-order valence-electron chi connectivity index (χ0n) is 27.0. The van der Waals surface area contributed by atoms with Crippen molar-refractivity contribution in [1.82, 2.24) is 10.6 Å². The van der Waals surface area contributed by atoms with Crippen molar-refractivity contribution in [1.29, 1.82) is 0 Å². The predicted molar refractivity (Wildman–Crippen MR) is 174 cm³/mol. The van der Waals surface area contributed by atoms with E-state index in [-0.39, 0.29) is 17.5 Å². The van der Waals surface area contributed by atoms with Crippen LogP contribution in [0.25, 0.3) is 22.3 Å². The first kappa shape index (κ1) is 37.0. The SMILES string of the molecule is CC.CC.CC/C(=C(/C(=O)NC)c1cc(-c2cccc(C(=O)NC(C)(C)C)c2)c(NC(F)F)cc1C)c1ccc(F)cc1. The van der Waals surface area contributed by atoms with Gasteiger partial charge in [0.25, 0.3) is 11.8 Å². The topological polar surface area (TPSA) is 70.2 Å². The van der Waals surface area contributed by atoms with Crippen molar-refractivity contribution in [3.05, 3.63) is 88.7 Å². The van der Waals surface area contributed by atoms with Crippen LogP contribution in [0.1, 0.15) is 88.9 Å². The lowest BCUT2D eigenvalue weighted by atomic mass is 9.87. The Balaban J connectivity index is 0.00000221. The van der Waals surface area contributed by atoms with Gasteiger partial charge in [0.2, 0.25) is 0 Å². The third-order valence-corrected chi connectivity index (χ3v) is 6.12. The molecule has 8 heteroatoms. The van der Waals surface area contributed by atoms with Gasteiger partial charge in [-0.15, -0.1) is 0 Å². The molecule has 0 saturated carbocycles. The Hall–Kier alpha value is -4.07. The Morgan fingerprint density at radius 2 is 1.49 bits per heavy atom. The molecule has 0 unspecified atom stereocenters. The van der Waals surface area contributed by atoms with Crippen molar-refractivity contribution in [2.45, 2.75) is 80.8 Å². The van der Waals surface area contributed by atoms with Gasteiger partial charge < -0.3 is 16.0 Å². The lowest BCUT2D eigenvalue weighted by Gasteiger charge is -2.22. The predicted octanol–water partition coefficient (Wildman–Crippen LogP) is 9.08. The first-order chi connectivity index (χ1) is 20.3. The van der Waals surface area contributed by atoms with E-state index in [0.717, 1.165) is 0 Å². The number of amides is 2. The zero-order chi connectivity index (χ0) is 32.9. The van der Waals surface area contributed by atoms with E-state index in [9.17, 15) is 22.8 Å². The molecule has 0 radical (unpaired) electrons. The van der Waals surface area contributed by atoms with Crippen molar-refractivity contribution in [3.63, 3.8) is 0 Å². The van der Waals surface area contributed by atoms with Crippen LogP contribution >= 0.6 is 0 Å². The average molecular weight is 598 g/mol. The number of hydrogen-bond acceptors (Lipinski definition) is 3. The highest BCUT2D eigenvalue weighted by Gasteiger charge is 2.23. The number of benzene rings is 3. The summed E-state index contributed by atoms with van der Waals surface area (Å²) >= 11 is 0. The van der Waals surface area contributed by atoms with Gasteiger partial charge in [0.1, 0.15) is 5.82 Å². The monoisotopic (exact) mass is 597 g/mol. The minimum absolute atomic E-state index is 0.163. The lowest BCUT2D eigenvalue weighted by Crippen LogP contribution is -2.40. The molecule has 0 aliphatic carbocycles. The van der Waals surface area contributed by atoms with Crippen molar-refractivity contribution >= 4 is 28.6 Å². The molecular weight excluding hydrogens is 551 g/mol. The number of aryl methyl sites for hydroxylation is 1. The van der Waals surface area contributed by atoms with E-state index >= 15 is 0 Å². The van der Waals surface area contributed by atoms with Gasteiger partial charge in [0.15, 0.2) is 0 Å². The first-order valence-electron chi connectivity index (χ1n) is 14.7. The molecule has 0 aliphatic rings. The molecule has 0 spiro atoms. The summed E-state index contributed by atoms with van der Waals surface area (Å²) in [6.07, 6.45) is 0.461. The molecule has 3 aromatic carbocycles. The fourth-order valence-corrected chi connectivity index (χ4v) is 4.42. The number of halogens is 3. The highest BCUT2D eigenvalue weighted by molar-refractivity contribution is 6.27. The fraction of sp³-hybridized carbons (Fsp3) is 0.371. The van der Waals surface area contributed by atoms with E-state index in [1.165, 1.54) is 19.2 Å². The Labute approximate surface area is 255 Å². The molecule has 0 saturated heterocycles. The van der Waals surface area contributed by atoms with Gasteiger partial charge in [-0.2, -0.15) is 8.78 Å². The number of alkyl halides is 2. The molecular formula is C35H46F3N3O2. The van der Waals surface area contributed by atoms with E-state index in [0.29, 0.717) is 50.9 Å². The molecule has 0 aromatic heterocycles. The van der Waals surface area contributed by atoms with Crippen LogP contribution in [0.15, 0.2) is 60.7 Å². The maximum Gasteiger partial charge on any atom is 0.312 e. The molecule has 0 fully saturated rings. The smallest absolute Gasteiger partial charge is 0.312 e. The standard InChI is InChI=1S/C31H34F3N3O2.2C2H6/c1-7-23(19-11-13-22(32)14-12-19)27(29(39)35-6)24-17-25(26(15-18(24)2)36-30(33)34)20-9-8-10-21(16-20)28(38)37-31(3,4)5;2*1-2/h8-17,30,36H,7H2,1-6H3,(H,35,39)(H,37,38);2*1-2H3/b27-23-;;. The van der Waals surface area contributed by atoms with E-state index in [1.54, 1.807) is 55.5 Å². The van der Waals surface area contributed by atoms with Crippen LogP contribution in [-0.2, 0) is 4.79 Å². The second-order valence-corrected chi connectivity index (χ2v) is 10.2.